The van der Waals surface area contributed by atoms with Crippen molar-refractivity contribution in [1.29, 1.82) is 0 Å². The number of nitrogens with zero attached hydrogens (tertiary/aromatic N) is 2. The fourth-order valence-corrected chi connectivity index (χ4v) is 2.53. The lowest BCUT2D eigenvalue weighted by atomic mass is 10.1. The monoisotopic (exact) mass is 295 g/mol. The van der Waals surface area contributed by atoms with Crippen LogP contribution in [0, 0.1) is 0 Å². The maximum absolute atomic E-state index is 11.9. The number of likely N-dealkylation sites (N-methyl/N-ethyl adjacent to an activating group) is 1. The highest BCUT2D eigenvalue weighted by molar-refractivity contribution is 6.31. The van der Waals surface area contributed by atoms with Gasteiger partial charge in [0.05, 0.1) is 6.54 Å². The molecule has 1 aromatic rings. The molecule has 1 N–H and O–H groups in total. The molecule has 110 valence electrons. The standard InChI is InChI=1S/C15H22ClN3O/c1-11(2)17-9-12-13(16)5-4-6-14(12)19-8-7-18(3)15(20)10-19/h4-6,11,17H,7-10H2,1-3H3. The minimum absolute atomic E-state index is 0.152. The molecule has 0 atom stereocenters. The molecule has 5 heteroatoms. The van der Waals surface area contributed by atoms with Crippen LogP contribution in [0.5, 0.6) is 0 Å². The number of carbonyl (C=O) groups is 1. The Balaban J connectivity index is 2.22. The molecular weight excluding hydrogens is 274 g/mol. The molecule has 1 aliphatic heterocycles. The Morgan fingerprint density at radius 3 is 2.75 bits per heavy atom. The van der Waals surface area contributed by atoms with Gasteiger partial charge in [0.2, 0.25) is 5.91 Å². The van der Waals surface area contributed by atoms with E-state index in [2.05, 4.69) is 24.1 Å². The van der Waals surface area contributed by atoms with Crippen molar-refractivity contribution in [3.05, 3.63) is 28.8 Å². The molecule has 1 saturated heterocycles. The normalized spacial score (nSPS) is 16.1. The predicted molar refractivity (Wildman–Crippen MR) is 83.3 cm³/mol. The third-order valence-corrected chi connectivity index (χ3v) is 3.93. The highest BCUT2D eigenvalue weighted by Gasteiger charge is 2.23. The number of carbonyl (C=O) groups excluding carboxylic acids is 1. The van der Waals surface area contributed by atoms with Crippen LogP contribution in [0.25, 0.3) is 0 Å². The number of hydrogen-bond acceptors (Lipinski definition) is 3. The Morgan fingerprint density at radius 1 is 1.35 bits per heavy atom. The minimum atomic E-state index is 0.152. The van der Waals surface area contributed by atoms with Gasteiger partial charge in [0.15, 0.2) is 0 Å². The number of halogens is 1. The van der Waals surface area contributed by atoms with Gasteiger partial charge in [-0.25, -0.2) is 0 Å². The van der Waals surface area contributed by atoms with E-state index in [4.69, 9.17) is 11.6 Å². The summed E-state index contributed by atoms with van der Waals surface area (Å²) in [5.41, 5.74) is 2.13. The van der Waals surface area contributed by atoms with E-state index in [9.17, 15) is 4.79 Å². The molecule has 0 saturated carbocycles. The molecule has 0 aliphatic carbocycles. The molecule has 4 nitrogen and oxygen atoms in total. The molecule has 20 heavy (non-hydrogen) atoms. The van der Waals surface area contributed by atoms with Crippen molar-refractivity contribution in [2.45, 2.75) is 26.4 Å². The summed E-state index contributed by atoms with van der Waals surface area (Å²) in [4.78, 5) is 15.8. The van der Waals surface area contributed by atoms with Crippen LogP contribution in [0.4, 0.5) is 5.69 Å². The van der Waals surface area contributed by atoms with Gasteiger partial charge >= 0.3 is 0 Å². The van der Waals surface area contributed by atoms with E-state index in [1.165, 1.54) is 0 Å². The van der Waals surface area contributed by atoms with Gasteiger partial charge in [-0.3, -0.25) is 4.79 Å². The van der Waals surface area contributed by atoms with Crippen molar-refractivity contribution in [3.63, 3.8) is 0 Å². The second-order valence-corrected chi connectivity index (χ2v) is 5.92. The van der Waals surface area contributed by atoms with E-state index in [-0.39, 0.29) is 5.91 Å². The third kappa shape index (κ3) is 3.44. The van der Waals surface area contributed by atoms with Crippen LogP contribution in [-0.4, -0.2) is 43.5 Å². The van der Waals surface area contributed by atoms with Gasteiger partial charge in [-0.2, -0.15) is 0 Å². The van der Waals surface area contributed by atoms with Crippen molar-refractivity contribution in [3.8, 4) is 0 Å². The van der Waals surface area contributed by atoms with Gasteiger partial charge in [-0.05, 0) is 12.1 Å². The predicted octanol–water partition coefficient (Wildman–Crippen LogP) is 2.12. The van der Waals surface area contributed by atoms with Crippen LogP contribution in [0.1, 0.15) is 19.4 Å². The zero-order valence-corrected chi connectivity index (χ0v) is 13.1. The SMILES string of the molecule is CC(C)NCc1c(Cl)cccc1N1CCN(C)C(=O)C1. The summed E-state index contributed by atoms with van der Waals surface area (Å²) in [6.45, 7) is 6.95. The Bertz CT molecular complexity index is 490. The first-order valence-corrected chi connectivity index (χ1v) is 7.36. The average Bonchev–Trinajstić information content (AvgIpc) is 2.40. The van der Waals surface area contributed by atoms with Gasteiger partial charge in [-0.15, -0.1) is 0 Å². The molecule has 1 heterocycles. The molecule has 1 amide bonds. The third-order valence-electron chi connectivity index (χ3n) is 3.58. The van der Waals surface area contributed by atoms with Crippen molar-refractivity contribution in [1.82, 2.24) is 10.2 Å². The van der Waals surface area contributed by atoms with Gasteiger partial charge in [0, 0.05) is 49.0 Å². The van der Waals surface area contributed by atoms with E-state index in [1.807, 2.05) is 25.2 Å². The highest BCUT2D eigenvalue weighted by atomic mass is 35.5. The summed E-state index contributed by atoms with van der Waals surface area (Å²) in [6.07, 6.45) is 0. The lowest BCUT2D eigenvalue weighted by Crippen LogP contribution is -2.49. The Kier molecular flexibility index (Phi) is 4.89. The Labute approximate surface area is 125 Å². The lowest BCUT2D eigenvalue weighted by molar-refractivity contribution is -0.129. The fourth-order valence-electron chi connectivity index (χ4n) is 2.29. The van der Waals surface area contributed by atoms with E-state index >= 15 is 0 Å². The molecule has 0 radical (unpaired) electrons. The summed E-state index contributed by atoms with van der Waals surface area (Å²) in [7, 11) is 1.85. The summed E-state index contributed by atoms with van der Waals surface area (Å²) in [6, 6.07) is 6.29. The van der Waals surface area contributed by atoms with Crippen LogP contribution in [0.3, 0.4) is 0 Å². The first kappa shape index (κ1) is 15.1. The maximum atomic E-state index is 11.9. The second kappa shape index (κ2) is 6.46. The van der Waals surface area contributed by atoms with E-state index in [0.29, 0.717) is 19.1 Å². The smallest absolute Gasteiger partial charge is 0.241 e. The van der Waals surface area contributed by atoms with Crippen molar-refractivity contribution in [2.24, 2.45) is 0 Å². The molecule has 1 aromatic carbocycles. The van der Waals surface area contributed by atoms with Crippen LogP contribution in [0.2, 0.25) is 5.02 Å². The molecule has 0 aromatic heterocycles. The van der Waals surface area contributed by atoms with Crippen molar-refractivity contribution in [2.75, 3.05) is 31.6 Å². The number of rotatable bonds is 4. The first-order chi connectivity index (χ1) is 9.49. The van der Waals surface area contributed by atoms with E-state index < -0.39 is 0 Å². The van der Waals surface area contributed by atoms with E-state index in [1.54, 1.807) is 4.90 Å². The number of hydrogen-bond donors (Lipinski definition) is 1. The van der Waals surface area contributed by atoms with Gasteiger partial charge in [0.25, 0.3) is 0 Å². The average molecular weight is 296 g/mol. The topological polar surface area (TPSA) is 35.6 Å². The Morgan fingerprint density at radius 2 is 2.10 bits per heavy atom. The van der Waals surface area contributed by atoms with E-state index in [0.717, 1.165) is 29.4 Å². The quantitative estimate of drug-likeness (QED) is 0.924. The van der Waals surface area contributed by atoms with Gasteiger partial charge in [0.1, 0.15) is 0 Å². The van der Waals surface area contributed by atoms with Gasteiger partial charge < -0.3 is 15.1 Å². The fraction of sp³-hybridized carbons (Fsp3) is 0.533. The number of nitrogens with one attached hydrogen (secondary N) is 1. The molecule has 0 spiro atoms. The van der Waals surface area contributed by atoms with Crippen molar-refractivity contribution >= 4 is 23.2 Å². The van der Waals surface area contributed by atoms with Crippen LogP contribution in [-0.2, 0) is 11.3 Å². The zero-order chi connectivity index (χ0) is 14.7. The largest absolute Gasteiger partial charge is 0.360 e. The summed E-state index contributed by atoms with van der Waals surface area (Å²) in [5, 5.41) is 4.15. The molecule has 0 bridgehead atoms. The first-order valence-electron chi connectivity index (χ1n) is 6.98. The Hall–Kier alpha value is -1.26. The molecule has 1 aliphatic rings. The molecule has 0 unspecified atom stereocenters. The molecular formula is C15H22ClN3O. The molecule has 2 rings (SSSR count). The number of piperazine rings is 1. The van der Waals surface area contributed by atoms with Crippen LogP contribution >= 0.6 is 11.6 Å². The zero-order valence-electron chi connectivity index (χ0n) is 12.3. The maximum Gasteiger partial charge on any atom is 0.241 e. The van der Waals surface area contributed by atoms with Crippen LogP contribution < -0.4 is 10.2 Å². The summed E-state index contributed by atoms with van der Waals surface area (Å²) in [5.74, 6) is 0.152. The molecule has 1 fully saturated rings. The number of anilines is 1. The second-order valence-electron chi connectivity index (χ2n) is 5.51. The van der Waals surface area contributed by atoms with Crippen molar-refractivity contribution < 1.29 is 4.79 Å². The minimum Gasteiger partial charge on any atom is -0.360 e. The van der Waals surface area contributed by atoms with Gasteiger partial charge in [-0.1, -0.05) is 31.5 Å². The highest BCUT2D eigenvalue weighted by Crippen LogP contribution is 2.28. The summed E-state index contributed by atoms with van der Waals surface area (Å²) < 4.78 is 0. The number of benzene rings is 1. The van der Waals surface area contributed by atoms with Crippen LogP contribution in [0.15, 0.2) is 18.2 Å². The summed E-state index contributed by atoms with van der Waals surface area (Å²) >= 11 is 6.34. The number of amides is 1. The lowest BCUT2D eigenvalue weighted by Gasteiger charge is -2.35.